The van der Waals surface area contributed by atoms with E-state index in [9.17, 15) is 44.7 Å². The van der Waals surface area contributed by atoms with Crippen molar-refractivity contribution in [2.24, 2.45) is 0 Å². The van der Waals surface area contributed by atoms with Gasteiger partial charge in [-0.05, 0) is 54.6 Å². The van der Waals surface area contributed by atoms with Crippen molar-refractivity contribution in [2.75, 3.05) is 23.3 Å². The van der Waals surface area contributed by atoms with E-state index in [1.165, 1.54) is 30.3 Å². The molecule has 0 spiro atoms. The van der Waals surface area contributed by atoms with E-state index in [0.29, 0.717) is 0 Å². The van der Waals surface area contributed by atoms with E-state index < -0.39 is 59.2 Å². The maximum Gasteiger partial charge on any atom is 0.416 e. The highest BCUT2D eigenvalue weighted by Gasteiger charge is 2.37. The number of amides is 3. The van der Waals surface area contributed by atoms with Crippen LogP contribution in [0, 0.1) is 11.6 Å². The molecule has 0 heterocycles. The fourth-order valence-corrected chi connectivity index (χ4v) is 3.18. The molecule has 3 aromatic carbocycles. The van der Waals surface area contributed by atoms with Crippen molar-refractivity contribution in [3.63, 3.8) is 0 Å². The molecule has 2 N–H and O–H groups in total. The number of hydrogen-bond acceptors (Lipinski definition) is 2. The van der Waals surface area contributed by atoms with Crippen LogP contribution in [0.2, 0.25) is 0 Å². The van der Waals surface area contributed by atoms with Gasteiger partial charge in [-0.15, -0.1) is 0 Å². The molecule has 0 saturated carbocycles. The standard InChI is InChI=1S/C24H17F8N3O2/c25-17-5-7-18(8-6-17)35(22(37)34-20-4-2-1-3-19(20)26)10-9-33-21(36)14-11-15(23(27,28)29)13-16(12-14)24(30,31)32/h1-8,11-13H,9-10H2,(H,33,36)(H,34,37). The number of rotatable bonds is 6. The number of anilines is 2. The van der Waals surface area contributed by atoms with Gasteiger partial charge in [-0.2, -0.15) is 26.3 Å². The summed E-state index contributed by atoms with van der Waals surface area (Å²) in [6.07, 6.45) is -10.3. The predicted molar refractivity (Wildman–Crippen MR) is 118 cm³/mol. The van der Waals surface area contributed by atoms with Crippen molar-refractivity contribution in [1.29, 1.82) is 0 Å². The number of benzene rings is 3. The molecular weight excluding hydrogens is 514 g/mol. The van der Waals surface area contributed by atoms with Crippen molar-refractivity contribution in [3.05, 3.63) is 95.1 Å². The molecule has 3 amide bonds. The zero-order valence-corrected chi connectivity index (χ0v) is 18.6. The Kier molecular flexibility index (Phi) is 8.04. The highest BCUT2D eigenvalue weighted by molar-refractivity contribution is 6.02. The zero-order valence-electron chi connectivity index (χ0n) is 18.6. The summed E-state index contributed by atoms with van der Waals surface area (Å²) in [5, 5.41) is 4.45. The molecule has 5 nitrogen and oxygen atoms in total. The lowest BCUT2D eigenvalue weighted by Crippen LogP contribution is -2.41. The molecule has 0 saturated heterocycles. The van der Waals surface area contributed by atoms with Gasteiger partial charge in [0.1, 0.15) is 11.6 Å². The first-order valence-electron chi connectivity index (χ1n) is 10.4. The molecule has 0 aliphatic rings. The van der Waals surface area contributed by atoms with E-state index in [0.717, 1.165) is 23.1 Å². The number of halogens is 8. The highest BCUT2D eigenvalue weighted by Crippen LogP contribution is 2.36. The monoisotopic (exact) mass is 531 g/mol. The lowest BCUT2D eigenvalue weighted by molar-refractivity contribution is -0.143. The third-order valence-electron chi connectivity index (χ3n) is 4.97. The van der Waals surface area contributed by atoms with E-state index in [2.05, 4.69) is 10.6 Å². The summed E-state index contributed by atoms with van der Waals surface area (Å²) in [7, 11) is 0. The molecule has 0 bridgehead atoms. The Bertz CT molecular complexity index is 1240. The molecule has 196 valence electrons. The van der Waals surface area contributed by atoms with Crippen LogP contribution < -0.4 is 15.5 Å². The summed E-state index contributed by atoms with van der Waals surface area (Å²) in [6.45, 7) is -0.790. The number of para-hydroxylation sites is 1. The average molecular weight is 531 g/mol. The van der Waals surface area contributed by atoms with Crippen LogP contribution in [-0.4, -0.2) is 25.0 Å². The van der Waals surface area contributed by atoms with Crippen LogP contribution in [0.5, 0.6) is 0 Å². The Morgan fingerprint density at radius 1 is 0.784 bits per heavy atom. The second-order valence-electron chi connectivity index (χ2n) is 7.59. The maximum absolute atomic E-state index is 13.9. The molecule has 0 fully saturated rings. The minimum Gasteiger partial charge on any atom is -0.350 e. The van der Waals surface area contributed by atoms with Gasteiger partial charge in [-0.3, -0.25) is 9.69 Å². The number of alkyl halides is 6. The normalized spacial score (nSPS) is 11.7. The average Bonchev–Trinajstić information content (AvgIpc) is 2.82. The van der Waals surface area contributed by atoms with Crippen LogP contribution >= 0.6 is 0 Å². The van der Waals surface area contributed by atoms with Gasteiger partial charge in [-0.1, -0.05) is 12.1 Å². The molecule has 0 unspecified atom stereocenters. The van der Waals surface area contributed by atoms with Crippen molar-refractivity contribution < 1.29 is 44.7 Å². The van der Waals surface area contributed by atoms with E-state index >= 15 is 0 Å². The number of hydrogen-bond donors (Lipinski definition) is 2. The second kappa shape index (κ2) is 10.8. The molecule has 3 aromatic rings. The van der Waals surface area contributed by atoms with E-state index in [1.807, 2.05) is 0 Å². The highest BCUT2D eigenvalue weighted by atomic mass is 19.4. The molecule has 3 rings (SSSR count). The Balaban J connectivity index is 1.79. The van der Waals surface area contributed by atoms with Crippen molar-refractivity contribution in [3.8, 4) is 0 Å². The van der Waals surface area contributed by atoms with Crippen molar-refractivity contribution in [1.82, 2.24) is 5.32 Å². The molecule has 13 heteroatoms. The molecule has 37 heavy (non-hydrogen) atoms. The Labute approximate surface area is 204 Å². The number of carbonyl (C=O) groups excluding carboxylic acids is 2. The van der Waals surface area contributed by atoms with Gasteiger partial charge < -0.3 is 10.6 Å². The molecular formula is C24H17F8N3O2. The van der Waals surface area contributed by atoms with Gasteiger partial charge in [0.2, 0.25) is 0 Å². The largest absolute Gasteiger partial charge is 0.416 e. The lowest BCUT2D eigenvalue weighted by Gasteiger charge is -2.24. The van der Waals surface area contributed by atoms with Crippen LogP contribution in [-0.2, 0) is 12.4 Å². The third kappa shape index (κ3) is 7.18. The van der Waals surface area contributed by atoms with Crippen LogP contribution in [0.3, 0.4) is 0 Å². The number of nitrogens with zero attached hydrogens (tertiary/aromatic N) is 1. The van der Waals surface area contributed by atoms with Crippen LogP contribution in [0.1, 0.15) is 21.5 Å². The molecule has 0 aliphatic heterocycles. The molecule has 0 aromatic heterocycles. The minimum absolute atomic E-state index is 0.111. The lowest BCUT2D eigenvalue weighted by atomic mass is 10.0. The van der Waals surface area contributed by atoms with Crippen LogP contribution in [0.25, 0.3) is 0 Å². The van der Waals surface area contributed by atoms with Gasteiger partial charge in [0.05, 0.1) is 16.8 Å². The first kappa shape index (κ1) is 27.4. The summed E-state index contributed by atoms with van der Waals surface area (Å²) in [5.41, 5.74) is -4.30. The summed E-state index contributed by atoms with van der Waals surface area (Å²) in [4.78, 5) is 26.2. The number of urea groups is 1. The topological polar surface area (TPSA) is 61.4 Å². The minimum atomic E-state index is -5.14. The van der Waals surface area contributed by atoms with Crippen molar-refractivity contribution >= 4 is 23.3 Å². The zero-order chi connectivity index (χ0) is 27.4. The molecule has 0 radical (unpaired) electrons. The van der Waals surface area contributed by atoms with Gasteiger partial charge >= 0.3 is 18.4 Å². The SMILES string of the molecule is O=C(NCCN(C(=O)Nc1ccccc1F)c1ccc(F)cc1)c1cc(C(F)(F)F)cc(C(F)(F)F)c1. The van der Waals surface area contributed by atoms with E-state index in [1.54, 1.807) is 0 Å². The van der Waals surface area contributed by atoms with Crippen LogP contribution in [0.15, 0.2) is 66.7 Å². The quantitative estimate of drug-likeness (QED) is 0.358. The number of nitrogens with one attached hydrogen (secondary N) is 2. The smallest absolute Gasteiger partial charge is 0.350 e. The van der Waals surface area contributed by atoms with Gasteiger partial charge in [-0.25, -0.2) is 13.6 Å². The fraction of sp³-hybridized carbons (Fsp3) is 0.167. The number of carbonyl (C=O) groups is 2. The summed E-state index contributed by atoms with van der Waals surface area (Å²) < 4.78 is 106. The van der Waals surface area contributed by atoms with Gasteiger partial charge in [0, 0.05) is 24.3 Å². The first-order chi connectivity index (χ1) is 17.3. The fourth-order valence-electron chi connectivity index (χ4n) is 3.18. The second-order valence-corrected chi connectivity index (χ2v) is 7.59. The van der Waals surface area contributed by atoms with E-state index in [-0.39, 0.29) is 36.1 Å². The Morgan fingerprint density at radius 2 is 1.35 bits per heavy atom. The molecule has 0 aliphatic carbocycles. The Morgan fingerprint density at radius 3 is 1.89 bits per heavy atom. The summed E-state index contributed by atoms with van der Waals surface area (Å²) in [5.74, 6) is -2.64. The van der Waals surface area contributed by atoms with E-state index in [4.69, 9.17) is 0 Å². The maximum atomic E-state index is 13.9. The molecule has 0 atom stereocenters. The van der Waals surface area contributed by atoms with Gasteiger partial charge in [0.25, 0.3) is 5.91 Å². The summed E-state index contributed by atoms with van der Waals surface area (Å²) >= 11 is 0. The summed E-state index contributed by atoms with van der Waals surface area (Å²) in [6, 6.07) is 9.19. The third-order valence-corrected chi connectivity index (χ3v) is 4.97. The first-order valence-corrected chi connectivity index (χ1v) is 10.4. The predicted octanol–water partition coefficient (Wildman–Crippen LogP) is 6.47. The Hall–Kier alpha value is -4.16. The van der Waals surface area contributed by atoms with Crippen LogP contribution in [0.4, 0.5) is 51.3 Å². The van der Waals surface area contributed by atoms with Crippen molar-refractivity contribution in [2.45, 2.75) is 12.4 Å². The van der Waals surface area contributed by atoms with Gasteiger partial charge in [0.15, 0.2) is 0 Å².